The van der Waals surface area contributed by atoms with Crippen molar-refractivity contribution in [1.82, 2.24) is 4.90 Å². The summed E-state index contributed by atoms with van der Waals surface area (Å²) in [5.74, 6) is 0.594. The van der Waals surface area contributed by atoms with Crippen LogP contribution in [0.5, 0.6) is 0 Å². The largest absolute Gasteiger partial charge is 0.371 e. The number of nitrogens with zero attached hydrogens (tertiary/aromatic N) is 1. The average molecular weight is 199 g/mol. The van der Waals surface area contributed by atoms with Crippen LogP contribution in [0.1, 0.15) is 36.8 Å². The van der Waals surface area contributed by atoms with E-state index < -0.39 is 0 Å². The Labute approximate surface area is 91.4 Å². The lowest BCUT2D eigenvalue weighted by Gasteiger charge is -2.19. The van der Waals surface area contributed by atoms with Gasteiger partial charge in [0.25, 0.3) is 0 Å². The maximum Gasteiger partial charge on any atom is 0.0408 e. The van der Waals surface area contributed by atoms with Gasteiger partial charge in [0.2, 0.25) is 0 Å². The molecule has 0 saturated carbocycles. The van der Waals surface area contributed by atoms with Gasteiger partial charge in [-0.15, -0.1) is 0 Å². The lowest BCUT2D eigenvalue weighted by molar-refractivity contribution is 0.493. The topological polar surface area (TPSA) is 3.24 Å². The molecular formula is C14H17N. The molecule has 1 saturated heterocycles. The van der Waals surface area contributed by atoms with Crippen molar-refractivity contribution in [1.29, 1.82) is 0 Å². The number of benzene rings is 1. The molecule has 1 aromatic rings. The maximum atomic E-state index is 2.54. The van der Waals surface area contributed by atoms with E-state index in [0.29, 0.717) is 5.92 Å². The van der Waals surface area contributed by atoms with Gasteiger partial charge in [-0.1, -0.05) is 37.3 Å². The molecule has 2 aliphatic rings. The number of fused-ring (bicyclic) bond motifs is 1. The molecule has 0 amide bonds. The van der Waals surface area contributed by atoms with Crippen molar-refractivity contribution in [2.45, 2.75) is 25.7 Å². The van der Waals surface area contributed by atoms with Crippen LogP contribution in [-0.2, 0) is 0 Å². The molecule has 0 aromatic heterocycles. The number of rotatable bonds is 1. The van der Waals surface area contributed by atoms with E-state index in [0.717, 1.165) is 0 Å². The monoisotopic (exact) mass is 199 g/mol. The van der Waals surface area contributed by atoms with Crippen LogP contribution in [0.15, 0.2) is 30.3 Å². The predicted molar refractivity (Wildman–Crippen MR) is 63.6 cm³/mol. The van der Waals surface area contributed by atoms with Gasteiger partial charge in [0.05, 0.1) is 0 Å². The Kier molecular flexibility index (Phi) is 2.05. The molecule has 1 aromatic carbocycles. The van der Waals surface area contributed by atoms with Crippen molar-refractivity contribution >= 4 is 5.70 Å². The Morgan fingerprint density at radius 1 is 1.13 bits per heavy atom. The van der Waals surface area contributed by atoms with Gasteiger partial charge < -0.3 is 4.90 Å². The smallest absolute Gasteiger partial charge is 0.0408 e. The third-order valence-corrected chi connectivity index (χ3v) is 3.58. The lowest BCUT2D eigenvalue weighted by Crippen LogP contribution is -2.16. The second kappa shape index (κ2) is 3.41. The van der Waals surface area contributed by atoms with E-state index in [1.807, 2.05) is 0 Å². The molecule has 0 bridgehead atoms. The Hall–Kier alpha value is -1.24. The first kappa shape index (κ1) is 9.02. The van der Waals surface area contributed by atoms with E-state index in [1.54, 1.807) is 0 Å². The van der Waals surface area contributed by atoms with Crippen LogP contribution in [0.3, 0.4) is 0 Å². The molecule has 15 heavy (non-hydrogen) atoms. The van der Waals surface area contributed by atoms with Gasteiger partial charge >= 0.3 is 0 Å². The van der Waals surface area contributed by atoms with Crippen molar-refractivity contribution < 1.29 is 0 Å². The summed E-state index contributed by atoms with van der Waals surface area (Å²) in [6.07, 6.45) is 5.14. The van der Waals surface area contributed by atoms with Gasteiger partial charge in [0.1, 0.15) is 0 Å². The lowest BCUT2D eigenvalue weighted by atomic mass is 10.0. The van der Waals surface area contributed by atoms with Gasteiger partial charge in [-0.3, -0.25) is 0 Å². The molecule has 78 valence electrons. The van der Waals surface area contributed by atoms with Gasteiger partial charge in [-0.2, -0.15) is 0 Å². The van der Waals surface area contributed by atoms with E-state index in [4.69, 9.17) is 0 Å². The second-order valence-corrected chi connectivity index (χ2v) is 4.62. The first-order chi connectivity index (χ1) is 7.36. The third kappa shape index (κ3) is 1.38. The summed E-state index contributed by atoms with van der Waals surface area (Å²) in [5, 5.41) is 0. The van der Waals surface area contributed by atoms with Crippen LogP contribution in [0.4, 0.5) is 0 Å². The van der Waals surface area contributed by atoms with Gasteiger partial charge in [0.15, 0.2) is 0 Å². The van der Waals surface area contributed by atoms with Crippen molar-refractivity contribution in [2.75, 3.05) is 13.1 Å². The third-order valence-electron chi connectivity index (χ3n) is 3.58. The maximum absolute atomic E-state index is 2.54. The molecule has 0 radical (unpaired) electrons. The molecule has 1 atom stereocenters. The quantitative estimate of drug-likeness (QED) is 0.671. The van der Waals surface area contributed by atoms with E-state index in [1.165, 1.54) is 42.8 Å². The normalized spacial score (nSPS) is 24.2. The zero-order valence-electron chi connectivity index (χ0n) is 9.24. The molecule has 1 aliphatic heterocycles. The first-order valence-electron chi connectivity index (χ1n) is 5.92. The van der Waals surface area contributed by atoms with Crippen molar-refractivity contribution in [3.8, 4) is 0 Å². The summed E-state index contributed by atoms with van der Waals surface area (Å²) >= 11 is 0. The molecular weight excluding hydrogens is 182 g/mol. The second-order valence-electron chi connectivity index (χ2n) is 4.62. The standard InChI is InChI=1S/C14H17N/c1-11-10-14(15-8-4-5-9-15)13-7-3-2-6-12(11)13/h2-3,6-7,10-11H,4-5,8-9H2,1H3/t11-/m1/s1. The Balaban J connectivity index is 2.00. The van der Waals surface area contributed by atoms with Crippen molar-refractivity contribution in [2.24, 2.45) is 0 Å². The van der Waals surface area contributed by atoms with Crippen LogP contribution in [0.25, 0.3) is 5.70 Å². The first-order valence-corrected chi connectivity index (χ1v) is 5.92. The summed E-state index contributed by atoms with van der Waals surface area (Å²) in [6, 6.07) is 8.83. The summed E-state index contributed by atoms with van der Waals surface area (Å²) in [4.78, 5) is 2.54. The highest BCUT2D eigenvalue weighted by atomic mass is 15.2. The fraction of sp³-hybridized carbons (Fsp3) is 0.429. The minimum absolute atomic E-state index is 0.594. The SMILES string of the molecule is C[C@@H]1C=C(N2CCCC2)c2ccccc21. The highest BCUT2D eigenvalue weighted by Crippen LogP contribution is 2.38. The molecule has 0 spiro atoms. The predicted octanol–water partition coefficient (Wildman–Crippen LogP) is 3.24. The number of hydrogen-bond acceptors (Lipinski definition) is 1. The summed E-state index contributed by atoms with van der Waals surface area (Å²) in [7, 11) is 0. The molecule has 3 rings (SSSR count). The number of hydrogen-bond donors (Lipinski definition) is 0. The fourth-order valence-corrected chi connectivity index (χ4v) is 2.78. The van der Waals surface area contributed by atoms with Crippen LogP contribution in [0, 0.1) is 0 Å². The van der Waals surface area contributed by atoms with Crippen molar-refractivity contribution in [3.05, 3.63) is 41.5 Å². The molecule has 1 fully saturated rings. The van der Waals surface area contributed by atoms with Gasteiger partial charge in [-0.25, -0.2) is 0 Å². The molecule has 0 unspecified atom stereocenters. The summed E-state index contributed by atoms with van der Waals surface area (Å²) in [6.45, 7) is 4.78. The van der Waals surface area contributed by atoms with Crippen LogP contribution < -0.4 is 0 Å². The van der Waals surface area contributed by atoms with Crippen molar-refractivity contribution in [3.63, 3.8) is 0 Å². The molecule has 1 heterocycles. The van der Waals surface area contributed by atoms with E-state index in [2.05, 4.69) is 42.2 Å². The van der Waals surface area contributed by atoms with Crippen LogP contribution in [0.2, 0.25) is 0 Å². The van der Waals surface area contributed by atoms with Crippen LogP contribution in [-0.4, -0.2) is 18.0 Å². The van der Waals surface area contributed by atoms with E-state index >= 15 is 0 Å². The minimum Gasteiger partial charge on any atom is -0.371 e. The Bertz CT molecular complexity index is 400. The average Bonchev–Trinajstić information content (AvgIpc) is 2.87. The van der Waals surface area contributed by atoms with Crippen LogP contribution >= 0.6 is 0 Å². The Morgan fingerprint density at radius 3 is 2.67 bits per heavy atom. The molecule has 0 N–H and O–H groups in total. The van der Waals surface area contributed by atoms with Gasteiger partial charge in [0, 0.05) is 30.3 Å². The summed E-state index contributed by atoms with van der Waals surface area (Å²) in [5.41, 5.74) is 4.45. The fourth-order valence-electron chi connectivity index (χ4n) is 2.78. The number of allylic oxidation sites excluding steroid dienone is 1. The zero-order valence-corrected chi connectivity index (χ0v) is 9.24. The zero-order chi connectivity index (χ0) is 10.3. The minimum atomic E-state index is 0.594. The highest BCUT2D eigenvalue weighted by molar-refractivity contribution is 5.73. The highest BCUT2D eigenvalue weighted by Gasteiger charge is 2.24. The van der Waals surface area contributed by atoms with E-state index in [-0.39, 0.29) is 0 Å². The molecule has 1 nitrogen and oxygen atoms in total. The molecule has 1 aliphatic carbocycles. The Morgan fingerprint density at radius 2 is 1.87 bits per heavy atom. The van der Waals surface area contributed by atoms with Gasteiger partial charge in [-0.05, 0) is 18.4 Å². The van der Waals surface area contributed by atoms with E-state index in [9.17, 15) is 0 Å². The summed E-state index contributed by atoms with van der Waals surface area (Å²) < 4.78 is 0. The molecule has 1 heteroatoms. The number of likely N-dealkylation sites (tertiary alicyclic amines) is 1.